The fraction of sp³-hybridized carbons (Fsp3) is 0.545. The number of nitrogens with zero attached hydrogens (tertiary/aromatic N) is 3. The standard InChI is InChI=1S/C11H17N5O3/c1-15(8-4-6-19-7-5-8)11-9(16(17)18)2-3-10(13-11)14-12/h2-3,8H,4-7,12H2,1H3,(H,13,14). The van der Waals surface area contributed by atoms with Crippen LogP contribution in [0.25, 0.3) is 0 Å². The van der Waals surface area contributed by atoms with E-state index < -0.39 is 4.92 Å². The van der Waals surface area contributed by atoms with E-state index in [-0.39, 0.29) is 11.7 Å². The smallest absolute Gasteiger partial charge is 0.311 e. The van der Waals surface area contributed by atoms with Gasteiger partial charge in [-0.3, -0.25) is 10.1 Å². The topological polar surface area (TPSA) is 107 Å². The van der Waals surface area contributed by atoms with E-state index >= 15 is 0 Å². The van der Waals surface area contributed by atoms with Gasteiger partial charge in [0.1, 0.15) is 5.82 Å². The zero-order chi connectivity index (χ0) is 13.8. The van der Waals surface area contributed by atoms with Gasteiger partial charge in [0, 0.05) is 32.4 Å². The predicted molar refractivity (Wildman–Crippen MR) is 70.9 cm³/mol. The first kappa shape index (κ1) is 13.5. The molecule has 0 aromatic carbocycles. The number of nitrogens with one attached hydrogen (secondary N) is 1. The first-order chi connectivity index (χ1) is 9.13. The van der Waals surface area contributed by atoms with Crippen LogP contribution in [0.2, 0.25) is 0 Å². The molecule has 1 fully saturated rings. The summed E-state index contributed by atoms with van der Waals surface area (Å²) < 4.78 is 5.30. The summed E-state index contributed by atoms with van der Waals surface area (Å²) >= 11 is 0. The molecule has 0 aliphatic carbocycles. The van der Waals surface area contributed by atoms with Crippen molar-refractivity contribution in [2.45, 2.75) is 18.9 Å². The van der Waals surface area contributed by atoms with Gasteiger partial charge in [-0.2, -0.15) is 0 Å². The van der Waals surface area contributed by atoms with E-state index in [1.165, 1.54) is 12.1 Å². The van der Waals surface area contributed by atoms with E-state index in [0.29, 0.717) is 24.8 Å². The largest absolute Gasteiger partial charge is 0.381 e. The van der Waals surface area contributed by atoms with Crippen molar-refractivity contribution in [2.75, 3.05) is 30.6 Å². The van der Waals surface area contributed by atoms with E-state index in [1.54, 1.807) is 0 Å². The first-order valence-corrected chi connectivity index (χ1v) is 6.06. The quantitative estimate of drug-likeness (QED) is 0.474. The Morgan fingerprint density at radius 1 is 1.53 bits per heavy atom. The van der Waals surface area contributed by atoms with Gasteiger partial charge in [0.15, 0.2) is 0 Å². The molecule has 1 aromatic rings. The number of nitrogen functional groups attached to an aromatic ring is 1. The Labute approximate surface area is 110 Å². The zero-order valence-electron chi connectivity index (χ0n) is 10.7. The second kappa shape index (κ2) is 5.81. The van der Waals surface area contributed by atoms with Crippen LogP contribution in [-0.2, 0) is 4.74 Å². The summed E-state index contributed by atoms with van der Waals surface area (Å²) in [7, 11) is 1.81. The van der Waals surface area contributed by atoms with Crippen molar-refractivity contribution in [3.8, 4) is 0 Å². The molecule has 0 radical (unpaired) electrons. The molecule has 2 rings (SSSR count). The summed E-state index contributed by atoms with van der Waals surface area (Å²) in [5.74, 6) is 6.03. The van der Waals surface area contributed by atoms with Crippen LogP contribution < -0.4 is 16.2 Å². The van der Waals surface area contributed by atoms with E-state index in [1.807, 2.05) is 11.9 Å². The lowest BCUT2D eigenvalue weighted by molar-refractivity contribution is -0.384. The third-order valence-electron chi connectivity index (χ3n) is 3.27. The van der Waals surface area contributed by atoms with Crippen LogP contribution >= 0.6 is 0 Å². The second-order valence-corrected chi connectivity index (χ2v) is 4.40. The van der Waals surface area contributed by atoms with Gasteiger partial charge in [0.25, 0.3) is 0 Å². The minimum atomic E-state index is -0.432. The van der Waals surface area contributed by atoms with Crippen molar-refractivity contribution in [3.05, 3.63) is 22.2 Å². The number of anilines is 2. The van der Waals surface area contributed by atoms with Crippen LogP contribution in [-0.4, -0.2) is 36.2 Å². The van der Waals surface area contributed by atoms with Gasteiger partial charge >= 0.3 is 5.69 Å². The molecule has 8 nitrogen and oxygen atoms in total. The van der Waals surface area contributed by atoms with Crippen LogP contribution in [0, 0.1) is 10.1 Å². The van der Waals surface area contributed by atoms with Gasteiger partial charge in [-0.25, -0.2) is 10.8 Å². The first-order valence-electron chi connectivity index (χ1n) is 6.06. The van der Waals surface area contributed by atoms with Crippen LogP contribution in [0.5, 0.6) is 0 Å². The molecule has 1 saturated heterocycles. The van der Waals surface area contributed by atoms with Crippen molar-refractivity contribution < 1.29 is 9.66 Å². The molecule has 3 N–H and O–H groups in total. The molecule has 19 heavy (non-hydrogen) atoms. The monoisotopic (exact) mass is 267 g/mol. The molecule has 0 unspecified atom stereocenters. The Hall–Kier alpha value is -1.93. The average Bonchev–Trinajstić information content (AvgIpc) is 2.46. The van der Waals surface area contributed by atoms with Crippen molar-refractivity contribution in [2.24, 2.45) is 5.84 Å². The average molecular weight is 267 g/mol. The Morgan fingerprint density at radius 3 is 2.79 bits per heavy atom. The highest BCUT2D eigenvalue weighted by Crippen LogP contribution is 2.29. The van der Waals surface area contributed by atoms with Crippen LogP contribution in [0.3, 0.4) is 0 Å². The summed E-state index contributed by atoms with van der Waals surface area (Å²) in [5, 5.41) is 11.1. The molecular formula is C11H17N5O3. The number of ether oxygens (including phenoxy) is 1. The lowest BCUT2D eigenvalue weighted by Gasteiger charge is -2.31. The lowest BCUT2D eigenvalue weighted by atomic mass is 10.1. The number of pyridine rings is 1. The molecule has 104 valence electrons. The zero-order valence-corrected chi connectivity index (χ0v) is 10.7. The van der Waals surface area contributed by atoms with Gasteiger partial charge in [0.05, 0.1) is 4.92 Å². The molecule has 0 bridgehead atoms. The second-order valence-electron chi connectivity index (χ2n) is 4.40. The molecule has 1 aliphatic rings. The highest BCUT2D eigenvalue weighted by molar-refractivity contribution is 5.61. The molecule has 0 spiro atoms. The summed E-state index contributed by atoms with van der Waals surface area (Å²) in [6.07, 6.45) is 1.66. The van der Waals surface area contributed by atoms with Crippen molar-refractivity contribution in [1.29, 1.82) is 0 Å². The lowest BCUT2D eigenvalue weighted by Crippen LogP contribution is -2.37. The van der Waals surface area contributed by atoms with Gasteiger partial charge in [-0.05, 0) is 18.9 Å². The number of hydrogen-bond acceptors (Lipinski definition) is 7. The van der Waals surface area contributed by atoms with Crippen LogP contribution in [0.1, 0.15) is 12.8 Å². The predicted octanol–water partition coefficient (Wildman–Crippen LogP) is 0.891. The Kier molecular flexibility index (Phi) is 4.13. The molecule has 0 atom stereocenters. The maximum atomic E-state index is 11.1. The van der Waals surface area contributed by atoms with E-state index in [2.05, 4.69) is 10.4 Å². The minimum absolute atomic E-state index is 0.0204. The number of rotatable bonds is 4. The molecule has 0 saturated carbocycles. The van der Waals surface area contributed by atoms with Gasteiger partial charge < -0.3 is 15.1 Å². The molecule has 2 heterocycles. The number of hydrazine groups is 1. The summed E-state index contributed by atoms with van der Waals surface area (Å²) in [6.45, 7) is 1.33. The fourth-order valence-corrected chi connectivity index (χ4v) is 2.17. The Morgan fingerprint density at radius 2 is 2.21 bits per heavy atom. The molecular weight excluding hydrogens is 250 g/mol. The molecule has 0 amide bonds. The van der Waals surface area contributed by atoms with Gasteiger partial charge in [-0.1, -0.05) is 0 Å². The highest BCUT2D eigenvalue weighted by Gasteiger charge is 2.26. The Balaban J connectivity index is 2.31. The van der Waals surface area contributed by atoms with Crippen molar-refractivity contribution >= 4 is 17.3 Å². The SMILES string of the molecule is CN(c1nc(NN)ccc1[N+](=O)[O-])C1CCOCC1. The number of aromatic nitrogens is 1. The third kappa shape index (κ3) is 2.91. The highest BCUT2D eigenvalue weighted by atomic mass is 16.6. The fourth-order valence-electron chi connectivity index (χ4n) is 2.17. The normalized spacial score (nSPS) is 16.1. The number of hydrogen-bond donors (Lipinski definition) is 2. The summed E-state index contributed by atoms with van der Waals surface area (Å²) in [5.41, 5.74) is 2.39. The maximum Gasteiger partial charge on any atom is 0.311 e. The van der Waals surface area contributed by atoms with E-state index in [9.17, 15) is 10.1 Å². The van der Waals surface area contributed by atoms with Crippen molar-refractivity contribution in [1.82, 2.24) is 4.98 Å². The van der Waals surface area contributed by atoms with Gasteiger partial charge in [-0.15, -0.1) is 0 Å². The number of nitrogens with two attached hydrogens (primary N) is 1. The van der Waals surface area contributed by atoms with Crippen molar-refractivity contribution in [3.63, 3.8) is 0 Å². The maximum absolute atomic E-state index is 11.1. The van der Waals surface area contributed by atoms with Crippen LogP contribution in [0.4, 0.5) is 17.3 Å². The van der Waals surface area contributed by atoms with Crippen LogP contribution in [0.15, 0.2) is 12.1 Å². The number of nitro groups is 1. The molecule has 1 aliphatic heterocycles. The summed E-state index contributed by atoms with van der Waals surface area (Å²) in [6, 6.07) is 3.08. The molecule has 1 aromatic heterocycles. The van der Waals surface area contributed by atoms with Gasteiger partial charge in [0.2, 0.25) is 5.82 Å². The molecule has 8 heteroatoms. The third-order valence-corrected chi connectivity index (χ3v) is 3.27. The Bertz CT molecular complexity index is 462. The summed E-state index contributed by atoms with van der Waals surface area (Å²) in [4.78, 5) is 16.7. The van der Waals surface area contributed by atoms with E-state index in [0.717, 1.165) is 12.8 Å². The minimum Gasteiger partial charge on any atom is -0.381 e. The van der Waals surface area contributed by atoms with E-state index in [4.69, 9.17) is 10.6 Å².